The number of carbonyl (C=O) groups is 2. The van der Waals surface area contributed by atoms with Crippen LogP contribution in [0.5, 0.6) is 0 Å². The van der Waals surface area contributed by atoms with Crippen molar-refractivity contribution in [1.29, 1.82) is 0 Å². The fraction of sp³-hybridized carbons (Fsp3) is 0.333. The lowest BCUT2D eigenvalue weighted by atomic mass is 9.80. The van der Waals surface area contributed by atoms with Crippen LogP contribution >= 0.6 is 0 Å². The van der Waals surface area contributed by atoms with Crippen molar-refractivity contribution in [2.75, 3.05) is 0 Å². The third-order valence-electron chi connectivity index (χ3n) is 1.70. The topological polar surface area (TPSA) is 74.6 Å². The van der Waals surface area contributed by atoms with E-state index >= 15 is 0 Å². The van der Waals surface area contributed by atoms with E-state index in [1.54, 1.807) is 0 Å². The van der Waals surface area contributed by atoms with E-state index in [0.717, 1.165) is 0 Å². The van der Waals surface area contributed by atoms with Gasteiger partial charge in [0.05, 0.1) is 0 Å². The molecule has 0 aromatic heterocycles. The van der Waals surface area contributed by atoms with Crippen LogP contribution < -0.4 is 0 Å². The third kappa shape index (κ3) is 0.932. The summed E-state index contributed by atoms with van der Waals surface area (Å²) in [7, 11) is 0. The summed E-state index contributed by atoms with van der Waals surface area (Å²) in [5, 5.41) is 16.2. The summed E-state index contributed by atoms with van der Waals surface area (Å²) in [6, 6.07) is 0. The number of aliphatic carboxylic acids is 2. The van der Waals surface area contributed by atoms with Crippen molar-refractivity contribution in [3.8, 4) is 0 Å². The molecule has 14 heavy (non-hydrogen) atoms. The molecule has 0 aliphatic heterocycles. The first-order valence-corrected chi connectivity index (χ1v) is 3.11. The van der Waals surface area contributed by atoms with E-state index in [9.17, 15) is 27.2 Å². The maximum absolute atomic E-state index is 12.4. The van der Waals surface area contributed by atoms with Gasteiger partial charge >= 0.3 is 23.8 Å². The van der Waals surface area contributed by atoms with Crippen molar-refractivity contribution in [3.05, 3.63) is 11.1 Å². The smallest absolute Gasteiger partial charge is 0.347 e. The van der Waals surface area contributed by atoms with Crippen molar-refractivity contribution >= 4 is 11.9 Å². The van der Waals surface area contributed by atoms with Crippen LogP contribution in [-0.4, -0.2) is 34.0 Å². The van der Waals surface area contributed by atoms with E-state index in [-0.39, 0.29) is 0 Å². The Kier molecular flexibility index (Phi) is 1.84. The van der Waals surface area contributed by atoms with E-state index in [1.807, 2.05) is 0 Å². The molecule has 2 N–H and O–H groups in total. The quantitative estimate of drug-likeness (QED) is 0.664. The van der Waals surface area contributed by atoms with Crippen LogP contribution in [0.1, 0.15) is 0 Å². The zero-order valence-corrected chi connectivity index (χ0v) is 6.22. The fourth-order valence-electron chi connectivity index (χ4n) is 1.05. The Hall–Kier alpha value is -1.60. The molecule has 0 unspecified atom stereocenters. The molecule has 0 aromatic rings. The number of hydrogen-bond donors (Lipinski definition) is 2. The van der Waals surface area contributed by atoms with Gasteiger partial charge in [-0.2, -0.15) is 17.6 Å². The Morgan fingerprint density at radius 1 is 0.857 bits per heavy atom. The summed E-state index contributed by atoms with van der Waals surface area (Å²) in [6.07, 6.45) is 0. The fourth-order valence-corrected chi connectivity index (χ4v) is 1.05. The second-order valence-electron chi connectivity index (χ2n) is 2.51. The van der Waals surface area contributed by atoms with Gasteiger partial charge in [0.1, 0.15) is 11.1 Å². The zero-order chi connectivity index (χ0) is 11.3. The van der Waals surface area contributed by atoms with Crippen LogP contribution in [0.4, 0.5) is 17.6 Å². The standard InChI is InChI=1S/C6H2F4O4/c7-5(8)1(3(11)12)2(4(13)14)6(5,9)10/h(H,11,12)(H,13,14). The summed E-state index contributed by atoms with van der Waals surface area (Å²) < 4.78 is 49.6. The zero-order valence-electron chi connectivity index (χ0n) is 6.22. The van der Waals surface area contributed by atoms with Crippen LogP contribution in [-0.2, 0) is 9.59 Å². The van der Waals surface area contributed by atoms with Crippen LogP contribution in [0.2, 0.25) is 0 Å². The average molecular weight is 214 g/mol. The molecule has 0 fully saturated rings. The van der Waals surface area contributed by atoms with Crippen LogP contribution in [0, 0.1) is 0 Å². The molecular formula is C6H2F4O4. The first-order valence-electron chi connectivity index (χ1n) is 3.11. The van der Waals surface area contributed by atoms with Gasteiger partial charge in [-0.1, -0.05) is 0 Å². The van der Waals surface area contributed by atoms with Gasteiger partial charge in [0.2, 0.25) is 0 Å². The third-order valence-corrected chi connectivity index (χ3v) is 1.70. The number of halogens is 4. The predicted molar refractivity (Wildman–Crippen MR) is 32.2 cm³/mol. The lowest BCUT2D eigenvalue weighted by Crippen LogP contribution is -2.57. The summed E-state index contributed by atoms with van der Waals surface area (Å²) in [5.41, 5.74) is -4.12. The minimum Gasteiger partial charge on any atom is -0.478 e. The highest BCUT2D eigenvalue weighted by Gasteiger charge is 2.75. The molecule has 0 amide bonds. The van der Waals surface area contributed by atoms with Gasteiger partial charge in [-0.05, 0) is 0 Å². The molecule has 0 spiro atoms. The Labute approximate surface area is 73.4 Å². The molecule has 0 saturated carbocycles. The summed E-state index contributed by atoms with van der Waals surface area (Å²) in [6.45, 7) is 0. The highest BCUT2D eigenvalue weighted by Crippen LogP contribution is 2.55. The Morgan fingerprint density at radius 3 is 1.21 bits per heavy atom. The van der Waals surface area contributed by atoms with Crippen molar-refractivity contribution < 1.29 is 37.4 Å². The van der Waals surface area contributed by atoms with Gasteiger partial charge in [-0.3, -0.25) is 0 Å². The second kappa shape index (κ2) is 2.46. The highest BCUT2D eigenvalue weighted by atomic mass is 19.3. The number of rotatable bonds is 2. The summed E-state index contributed by atoms with van der Waals surface area (Å²) in [4.78, 5) is 20.1. The van der Waals surface area contributed by atoms with E-state index in [2.05, 4.69) is 0 Å². The maximum atomic E-state index is 12.4. The minimum atomic E-state index is -4.92. The first kappa shape index (κ1) is 10.5. The maximum Gasteiger partial charge on any atom is 0.347 e. The van der Waals surface area contributed by atoms with Crippen molar-refractivity contribution in [1.82, 2.24) is 0 Å². The number of carboxylic acids is 2. The van der Waals surface area contributed by atoms with Crippen LogP contribution in [0.25, 0.3) is 0 Å². The normalized spacial score (nSPS) is 22.9. The largest absolute Gasteiger partial charge is 0.478 e. The summed E-state index contributed by atoms with van der Waals surface area (Å²) in [5.74, 6) is -14.6. The van der Waals surface area contributed by atoms with E-state index < -0.39 is 34.9 Å². The Bertz CT molecular complexity index is 323. The lowest BCUT2D eigenvalue weighted by molar-refractivity contribution is -0.202. The molecule has 0 saturated heterocycles. The molecule has 8 heteroatoms. The SMILES string of the molecule is O=C(O)C1=C(C(=O)O)C(F)(F)C1(F)F. The van der Waals surface area contributed by atoms with E-state index in [4.69, 9.17) is 10.2 Å². The molecule has 1 aliphatic rings. The average Bonchev–Trinajstić information content (AvgIpc) is 1.97. The molecule has 0 bridgehead atoms. The van der Waals surface area contributed by atoms with Gasteiger partial charge in [-0.25, -0.2) is 9.59 Å². The second-order valence-corrected chi connectivity index (χ2v) is 2.51. The molecule has 0 aromatic carbocycles. The molecular weight excluding hydrogens is 212 g/mol. The predicted octanol–water partition coefficient (Wildman–Crippen LogP) is 0.736. The minimum absolute atomic E-state index is 2.06. The molecule has 0 radical (unpaired) electrons. The van der Waals surface area contributed by atoms with E-state index in [1.165, 1.54) is 0 Å². The van der Waals surface area contributed by atoms with Crippen molar-refractivity contribution in [3.63, 3.8) is 0 Å². The Balaban J connectivity index is 3.39. The molecule has 1 aliphatic carbocycles. The lowest BCUT2D eigenvalue weighted by Gasteiger charge is -2.36. The van der Waals surface area contributed by atoms with Crippen LogP contribution in [0.15, 0.2) is 11.1 Å². The number of hydrogen-bond acceptors (Lipinski definition) is 2. The summed E-state index contributed by atoms with van der Waals surface area (Å²) >= 11 is 0. The van der Waals surface area contributed by atoms with E-state index in [0.29, 0.717) is 0 Å². The molecule has 0 heterocycles. The molecule has 1 rings (SSSR count). The monoisotopic (exact) mass is 214 g/mol. The molecule has 4 nitrogen and oxygen atoms in total. The van der Waals surface area contributed by atoms with Gasteiger partial charge in [-0.15, -0.1) is 0 Å². The number of carboxylic acid groups (broad SMARTS) is 2. The van der Waals surface area contributed by atoms with Crippen LogP contribution in [0.3, 0.4) is 0 Å². The van der Waals surface area contributed by atoms with Gasteiger partial charge in [0.25, 0.3) is 0 Å². The van der Waals surface area contributed by atoms with Crippen molar-refractivity contribution in [2.45, 2.75) is 11.8 Å². The highest BCUT2D eigenvalue weighted by molar-refractivity contribution is 6.05. The van der Waals surface area contributed by atoms with Gasteiger partial charge in [0, 0.05) is 0 Å². The Morgan fingerprint density at radius 2 is 1.07 bits per heavy atom. The first-order chi connectivity index (χ1) is 6.14. The van der Waals surface area contributed by atoms with Gasteiger partial charge < -0.3 is 10.2 Å². The van der Waals surface area contributed by atoms with Gasteiger partial charge in [0.15, 0.2) is 0 Å². The van der Waals surface area contributed by atoms with Crippen molar-refractivity contribution in [2.24, 2.45) is 0 Å². The number of alkyl halides is 4. The molecule has 78 valence electrons. The molecule has 0 atom stereocenters.